The lowest BCUT2D eigenvalue weighted by Gasteiger charge is -2.41. The van der Waals surface area contributed by atoms with E-state index in [0.717, 1.165) is 24.4 Å². The quantitative estimate of drug-likeness (QED) is 0.716. The van der Waals surface area contributed by atoms with Gasteiger partial charge in [0.15, 0.2) is 0 Å². The normalized spacial score (nSPS) is 41.2. The Morgan fingerprint density at radius 3 is 2.40 bits per heavy atom. The molecule has 2 rings (SSSR count). The van der Waals surface area contributed by atoms with E-state index in [9.17, 15) is 0 Å². The molecule has 15 heavy (non-hydrogen) atoms. The standard InChI is InChI=1S/C13H24O2/c1-14-9-10-3-4-12-8-13(15-2)6-5-11(12)7-10/h10-13H,3-9H2,1-2H3. The first-order valence-corrected chi connectivity index (χ1v) is 6.35. The van der Waals surface area contributed by atoms with E-state index >= 15 is 0 Å². The second-order valence-electron chi connectivity index (χ2n) is 5.33. The first kappa shape index (κ1) is 11.4. The van der Waals surface area contributed by atoms with Crippen LogP contribution in [-0.2, 0) is 9.47 Å². The van der Waals surface area contributed by atoms with Crippen LogP contribution in [0, 0.1) is 17.8 Å². The molecule has 2 aliphatic carbocycles. The Kier molecular flexibility index (Phi) is 4.04. The number of hydrogen-bond acceptors (Lipinski definition) is 2. The van der Waals surface area contributed by atoms with E-state index in [1.54, 1.807) is 0 Å². The van der Waals surface area contributed by atoms with Crippen LogP contribution >= 0.6 is 0 Å². The van der Waals surface area contributed by atoms with Crippen LogP contribution in [0.4, 0.5) is 0 Å². The fourth-order valence-electron chi connectivity index (χ4n) is 3.54. The Bertz CT molecular complexity index is 193. The number of rotatable bonds is 3. The maximum absolute atomic E-state index is 5.49. The first-order valence-electron chi connectivity index (χ1n) is 6.35. The molecule has 0 aromatic heterocycles. The van der Waals surface area contributed by atoms with Crippen molar-refractivity contribution >= 4 is 0 Å². The molecule has 2 fully saturated rings. The highest BCUT2D eigenvalue weighted by molar-refractivity contribution is 4.86. The summed E-state index contributed by atoms with van der Waals surface area (Å²) >= 11 is 0. The van der Waals surface area contributed by atoms with Crippen LogP contribution in [-0.4, -0.2) is 26.9 Å². The van der Waals surface area contributed by atoms with E-state index in [1.807, 2.05) is 14.2 Å². The molecule has 2 nitrogen and oxygen atoms in total. The average molecular weight is 212 g/mol. The number of hydrogen-bond donors (Lipinski definition) is 0. The molecule has 4 unspecified atom stereocenters. The van der Waals surface area contributed by atoms with Crippen molar-refractivity contribution in [3.63, 3.8) is 0 Å². The minimum atomic E-state index is 0.547. The number of ether oxygens (including phenoxy) is 2. The third-order valence-electron chi connectivity index (χ3n) is 4.41. The molecule has 0 aromatic carbocycles. The van der Waals surface area contributed by atoms with Crippen LogP contribution in [0.2, 0.25) is 0 Å². The predicted octanol–water partition coefficient (Wildman–Crippen LogP) is 2.86. The summed E-state index contributed by atoms with van der Waals surface area (Å²) in [5.41, 5.74) is 0. The summed E-state index contributed by atoms with van der Waals surface area (Å²) in [6, 6.07) is 0. The molecular formula is C13H24O2. The molecule has 0 N–H and O–H groups in total. The van der Waals surface area contributed by atoms with Crippen molar-refractivity contribution in [2.75, 3.05) is 20.8 Å². The fraction of sp³-hybridized carbons (Fsp3) is 1.00. The van der Waals surface area contributed by atoms with Gasteiger partial charge in [-0.15, -0.1) is 0 Å². The van der Waals surface area contributed by atoms with Crippen LogP contribution in [0.1, 0.15) is 38.5 Å². The lowest BCUT2D eigenvalue weighted by atomic mass is 9.67. The van der Waals surface area contributed by atoms with Crippen LogP contribution in [0.15, 0.2) is 0 Å². The minimum absolute atomic E-state index is 0.547. The molecule has 4 atom stereocenters. The maximum atomic E-state index is 5.49. The smallest absolute Gasteiger partial charge is 0.0574 e. The highest BCUT2D eigenvalue weighted by atomic mass is 16.5. The monoisotopic (exact) mass is 212 g/mol. The summed E-state index contributed by atoms with van der Waals surface area (Å²) in [4.78, 5) is 0. The van der Waals surface area contributed by atoms with Gasteiger partial charge in [-0.25, -0.2) is 0 Å². The van der Waals surface area contributed by atoms with Crippen molar-refractivity contribution in [2.24, 2.45) is 17.8 Å². The van der Waals surface area contributed by atoms with Gasteiger partial charge < -0.3 is 9.47 Å². The molecule has 2 heteroatoms. The first-order chi connectivity index (χ1) is 7.33. The Morgan fingerprint density at radius 2 is 1.67 bits per heavy atom. The third-order valence-corrected chi connectivity index (χ3v) is 4.41. The van der Waals surface area contributed by atoms with Gasteiger partial charge >= 0.3 is 0 Å². The molecule has 0 saturated heterocycles. The van der Waals surface area contributed by atoms with Crippen LogP contribution < -0.4 is 0 Å². The third kappa shape index (κ3) is 2.73. The molecule has 0 spiro atoms. The zero-order valence-corrected chi connectivity index (χ0v) is 10.1. The summed E-state index contributed by atoms with van der Waals surface area (Å²) in [6.07, 6.45) is 8.67. The van der Waals surface area contributed by atoms with Gasteiger partial charge in [0.1, 0.15) is 0 Å². The van der Waals surface area contributed by atoms with E-state index in [2.05, 4.69) is 0 Å². The molecular weight excluding hydrogens is 188 g/mol. The van der Waals surface area contributed by atoms with Crippen molar-refractivity contribution in [1.82, 2.24) is 0 Å². The van der Waals surface area contributed by atoms with Gasteiger partial charge in [-0.3, -0.25) is 0 Å². The van der Waals surface area contributed by atoms with E-state index in [-0.39, 0.29) is 0 Å². The van der Waals surface area contributed by atoms with Gasteiger partial charge in [0.05, 0.1) is 6.10 Å². The molecule has 0 amide bonds. The van der Waals surface area contributed by atoms with Gasteiger partial charge in [-0.2, -0.15) is 0 Å². The van der Waals surface area contributed by atoms with Crippen molar-refractivity contribution in [2.45, 2.75) is 44.6 Å². The largest absolute Gasteiger partial charge is 0.384 e. The Balaban J connectivity index is 1.83. The van der Waals surface area contributed by atoms with Crippen LogP contribution in [0.3, 0.4) is 0 Å². The average Bonchev–Trinajstić information content (AvgIpc) is 2.29. The van der Waals surface area contributed by atoms with Crippen molar-refractivity contribution < 1.29 is 9.47 Å². The topological polar surface area (TPSA) is 18.5 Å². The summed E-state index contributed by atoms with van der Waals surface area (Å²) in [5.74, 6) is 2.73. The number of methoxy groups -OCH3 is 2. The van der Waals surface area contributed by atoms with Crippen molar-refractivity contribution in [1.29, 1.82) is 0 Å². The second kappa shape index (κ2) is 5.31. The summed E-state index contributed by atoms with van der Waals surface area (Å²) < 4.78 is 10.8. The summed E-state index contributed by atoms with van der Waals surface area (Å²) in [6.45, 7) is 0.969. The second-order valence-corrected chi connectivity index (χ2v) is 5.33. The zero-order chi connectivity index (χ0) is 10.7. The molecule has 0 bridgehead atoms. The van der Waals surface area contributed by atoms with Crippen molar-refractivity contribution in [3.05, 3.63) is 0 Å². The van der Waals surface area contributed by atoms with E-state index in [0.29, 0.717) is 6.10 Å². The lowest BCUT2D eigenvalue weighted by Crippen LogP contribution is -2.34. The maximum Gasteiger partial charge on any atom is 0.0574 e. The Labute approximate surface area is 93.3 Å². The SMILES string of the molecule is COCC1CCC2CC(OC)CCC2C1. The van der Waals surface area contributed by atoms with Gasteiger partial charge in [-0.05, 0) is 56.3 Å². The van der Waals surface area contributed by atoms with Crippen LogP contribution in [0.5, 0.6) is 0 Å². The summed E-state index contributed by atoms with van der Waals surface area (Å²) in [7, 11) is 3.69. The Morgan fingerprint density at radius 1 is 0.933 bits per heavy atom. The van der Waals surface area contributed by atoms with Crippen molar-refractivity contribution in [3.8, 4) is 0 Å². The molecule has 2 saturated carbocycles. The molecule has 88 valence electrons. The Hall–Kier alpha value is -0.0800. The van der Waals surface area contributed by atoms with E-state index in [4.69, 9.17) is 9.47 Å². The highest BCUT2D eigenvalue weighted by Crippen LogP contribution is 2.43. The molecule has 0 aliphatic heterocycles. The van der Waals surface area contributed by atoms with Gasteiger partial charge in [0.25, 0.3) is 0 Å². The van der Waals surface area contributed by atoms with E-state index in [1.165, 1.54) is 38.5 Å². The molecule has 0 aromatic rings. The van der Waals surface area contributed by atoms with Gasteiger partial charge in [-0.1, -0.05) is 0 Å². The molecule has 0 radical (unpaired) electrons. The summed E-state index contributed by atoms with van der Waals surface area (Å²) in [5, 5.41) is 0. The minimum Gasteiger partial charge on any atom is -0.384 e. The fourth-order valence-corrected chi connectivity index (χ4v) is 3.54. The van der Waals surface area contributed by atoms with Gasteiger partial charge in [0, 0.05) is 20.8 Å². The van der Waals surface area contributed by atoms with E-state index < -0.39 is 0 Å². The molecule has 0 heterocycles. The predicted molar refractivity (Wildman–Crippen MR) is 60.8 cm³/mol. The van der Waals surface area contributed by atoms with Gasteiger partial charge in [0.2, 0.25) is 0 Å². The van der Waals surface area contributed by atoms with Crippen LogP contribution in [0.25, 0.3) is 0 Å². The highest BCUT2D eigenvalue weighted by Gasteiger charge is 2.35. The number of fused-ring (bicyclic) bond motifs is 1. The lowest BCUT2D eigenvalue weighted by molar-refractivity contribution is -0.00285. The molecule has 2 aliphatic rings. The zero-order valence-electron chi connectivity index (χ0n) is 10.1.